The number of hydrogen-bond donors (Lipinski definition) is 1. The molecule has 0 aliphatic carbocycles. The lowest BCUT2D eigenvalue weighted by atomic mass is 9.95. The smallest absolute Gasteiger partial charge is 0.227 e. The second-order valence-electron chi connectivity index (χ2n) is 7.33. The molecule has 0 radical (unpaired) electrons. The van der Waals surface area contributed by atoms with Crippen LogP contribution < -0.4 is 10.1 Å². The Morgan fingerprint density at radius 3 is 2.53 bits per heavy atom. The first-order valence-corrected chi connectivity index (χ1v) is 9.89. The Morgan fingerprint density at radius 2 is 1.83 bits per heavy atom. The first-order chi connectivity index (χ1) is 14.5. The molecule has 4 aromatic rings. The van der Waals surface area contributed by atoms with Crippen LogP contribution in [0.2, 0.25) is 0 Å². The molecule has 0 amide bonds. The molecule has 0 bridgehead atoms. The zero-order chi connectivity index (χ0) is 21.1. The maximum Gasteiger partial charge on any atom is 0.227 e. The number of methoxy groups -OCH3 is 1. The van der Waals surface area contributed by atoms with E-state index in [0.717, 1.165) is 34.1 Å². The summed E-state index contributed by atoms with van der Waals surface area (Å²) in [5.41, 5.74) is 6.04. The summed E-state index contributed by atoms with van der Waals surface area (Å²) in [5, 5.41) is 3.31. The highest BCUT2D eigenvalue weighted by Gasteiger charge is 2.15. The quantitative estimate of drug-likeness (QED) is 0.484. The number of nitrogens with one attached hydrogen (secondary N) is 1. The summed E-state index contributed by atoms with van der Waals surface area (Å²) in [6, 6.07) is 16.3. The van der Waals surface area contributed by atoms with E-state index in [1.54, 1.807) is 13.4 Å². The number of nitrogens with zero attached hydrogens (tertiary/aromatic N) is 4. The van der Waals surface area contributed by atoms with Gasteiger partial charge in [-0.1, -0.05) is 37.3 Å². The Labute approximate surface area is 176 Å². The minimum absolute atomic E-state index is 0.177. The zero-order valence-electron chi connectivity index (χ0n) is 17.6. The maximum atomic E-state index is 5.60. The van der Waals surface area contributed by atoms with Gasteiger partial charge in [0.1, 0.15) is 5.75 Å². The van der Waals surface area contributed by atoms with Crippen LogP contribution in [0.1, 0.15) is 35.4 Å². The van der Waals surface area contributed by atoms with Gasteiger partial charge in [-0.25, -0.2) is 15.0 Å². The molecule has 0 saturated carbocycles. The van der Waals surface area contributed by atoms with E-state index in [0.29, 0.717) is 5.95 Å². The summed E-state index contributed by atoms with van der Waals surface area (Å²) in [7, 11) is 1.66. The Morgan fingerprint density at radius 1 is 1.03 bits per heavy atom. The van der Waals surface area contributed by atoms with E-state index in [2.05, 4.69) is 46.5 Å². The molecular weight excluding hydrogens is 374 g/mol. The number of imidazole rings is 1. The third-order valence-corrected chi connectivity index (χ3v) is 5.15. The summed E-state index contributed by atoms with van der Waals surface area (Å²) >= 11 is 0. The summed E-state index contributed by atoms with van der Waals surface area (Å²) in [4.78, 5) is 13.6. The molecule has 2 aromatic carbocycles. The lowest BCUT2D eigenvalue weighted by Gasteiger charge is -2.16. The van der Waals surface area contributed by atoms with Gasteiger partial charge in [-0.15, -0.1) is 0 Å². The van der Waals surface area contributed by atoms with E-state index < -0.39 is 0 Å². The number of anilines is 2. The molecule has 6 heteroatoms. The van der Waals surface area contributed by atoms with Crippen molar-refractivity contribution in [3.63, 3.8) is 0 Å². The second kappa shape index (κ2) is 8.37. The number of rotatable bonds is 6. The molecule has 30 heavy (non-hydrogen) atoms. The van der Waals surface area contributed by atoms with Crippen LogP contribution in [0.4, 0.5) is 11.6 Å². The van der Waals surface area contributed by atoms with Crippen LogP contribution in [0.25, 0.3) is 5.69 Å². The van der Waals surface area contributed by atoms with Crippen molar-refractivity contribution in [2.45, 2.75) is 26.7 Å². The first-order valence-electron chi connectivity index (χ1n) is 9.89. The second-order valence-corrected chi connectivity index (χ2v) is 7.33. The normalized spacial score (nSPS) is 11.9. The maximum absolute atomic E-state index is 5.60. The van der Waals surface area contributed by atoms with E-state index in [1.165, 1.54) is 5.56 Å². The number of aromatic nitrogens is 4. The van der Waals surface area contributed by atoms with Gasteiger partial charge in [0.2, 0.25) is 5.95 Å². The van der Waals surface area contributed by atoms with Crippen molar-refractivity contribution in [3.8, 4) is 11.4 Å². The van der Waals surface area contributed by atoms with Gasteiger partial charge in [0, 0.05) is 30.1 Å². The molecule has 0 fully saturated rings. The number of ether oxygens (including phenoxy) is 1. The lowest BCUT2D eigenvalue weighted by Crippen LogP contribution is -2.07. The molecule has 6 nitrogen and oxygen atoms in total. The molecule has 1 atom stereocenters. The molecule has 1 unspecified atom stereocenters. The van der Waals surface area contributed by atoms with Crippen LogP contribution in [0.3, 0.4) is 0 Å². The fourth-order valence-electron chi connectivity index (χ4n) is 3.50. The Balaban J connectivity index is 1.61. The van der Waals surface area contributed by atoms with E-state index in [9.17, 15) is 0 Å². The van der Waals surface area contributed by atoms with Crippen LogP contribution in [0.15, 0.2) is 67.3 Å². The minimum Gasteiger partial charge on any atom is -0.494 e. The van der Waals surface area contributed by atoms with Crippen molar-refractivity contribution in [2.75, 3.05) is 12.4 Å². The van der Waals surface area contributed by atoms with Gasteiger partial charge >= 0.3 is 0 Å². The third-order valence-electron chi connectivity index (χ3n) is 5.15. The molecule has 0 aliphatic heterocycles. The van der Waals surface area contributed by atoms with Gasteiger partial charge in [-0.2, -0.15) is 0 Å². The minimum atomic E-state index is 0.177. The topological polar surface area (TPSA) is 64.9 Å². The van der Waals surface area contributed by atoms with Gasteiger partial charge in [-0.3, -0.25) is 0 Å². The fourth-order valence-corrected chi connectivity index (χ4v) is 3.50. The predicted molar refractivity (Wildman–Crippen MR) is 119 cm³/mol. The van der Waals surface area contributed by atoms with Crippen molar-refractivity contribution in [2.24, 2.45) is 0 Å². The van der Waals surface area contributed by atoms with Crippen LogP contribution in [0, 0.1) is 13.8 Å². The highest BCUT2D eigenvalue weighted by molar-refractivity contribution is 5.62. The van der Waals surface area contributed by atoms with E-state index in [-0.39, 0.29) is 5.92 Å². The Kier molecular flexibility index (Phi) is 5.48. The predicted octanol–water partition coefficient (Wildman–Crippen LogP) is 5.18. The molecule has 152 valence electrons. The van der Waals surface area contributed by atoms with Gasteiger partial charge in [0.25, 0.3) is 0 Å². The van der Waals surface area contributed by atoms with Crippen LogP contribution in [-0.4, -0.2) is 26.6 Å². The Hall–Kier alpha value is -3.67. The number of benzene rings is 2. The summed E-state index contributed by atoms with van der Waals surface area (Å²) in [6.07, 6.45) is 5.61. The third kappa shape index (κ3) is 4.03. The summed E-state index contributed by atoms with van der Waals surface area (Å²) in [6.45, 7) is 6.17. The SMILES string of the molecule is COc1cc(Nc2ncc(C)c(C(C)c3ccccc3)n2)ccc1-n1cnc(C)c1. The summed E-state index contributed by atoms with van der Waals surface area (Å²) < 4.78 is 7.54. The van der Waals surface area contributed by atoms with Gasteiger partial charge < -0.3 is 14.6 Å². The largest absolute Gasteiger partial charge is 0.494 e. The summed E-state index contributed by atoms with van der Waals surface area (Å²) in [5.74, 6) is 1.48. The number of hydrogen-bond acceptors (Lipinski definition) is 5. The average Bonchev–Trinajstić information content (AvgIpc) is 3.21. The molecule has 0 saturated heterocycles. The van der Waals surface area contributed by atoms with Crippen LogP contribution in [0.5, 0.6) is 5.75 Å². The lowest BCUT2D eigenvalue weighted by molar-refractivity contribution is 0.413. The highest BCUT2D eigenvalue weighted by Crippen LogP contribution is 2.29. The highest BCUT2D eigenvalue weighted by atomic mass is 16.5. The molecule has 0 spiro atoms. The van der Waals surface area contributed by atoms with Crippen molar-refractivity contribution in [1.82, 2.24) is 19.5 Å². The molecule has 2 heterocycles. The van der Waals surface area contributed by atoms with Gasteiger partial charge in [0.05, 0.1) is 30.5 Å². The van der Waals surface area contributed by atoms with Gasteiger partial charge in [-0.05, 0) is 37.1 Å². The fraction of sp³-hybridized carbons (Fsp3) is 0.208. The average molecular weight is 399 g/mol. The van der Waals surface area contributed by atoms with E-state index in [4.69, 9.17) is 9.72 Å². The van der Waals surface area contributed by atoms with Gasteiger partial charge in [0.15, 0.2) is 0 Å². The number of aryl methyl sites for hydroxylation is 2. The molecule has 4 rings (SSSR count). The first kappa shape index (κ1) is 19.6. The van der Waals surface area contributed by atoms with Crippen molar-refractivity contribution >= 4 is 11.6 Å². The van der Waals surface area contributed by atoms with E-state index >= 15 is 0 Å². The van der Waals surface area contributed by atoms with Crippen molar-refractivity contribution in [3.05, 3.63) is 89.8 Å². The van der Waals surface area contributed by atoms with Crippen LogP contribution >= 0.6 is 0 Å². The Bertz CT molecular complexity index is 1150. The molecule has 0 aliphatic rings. The molecule has 2 aromatic heterocycles. The van der Waals surface area contributed by atoms with Crippen molar-refractivity contribution in [1.29, 1.82) is 0 Å². The molecule has 1 N–H and O–H groups in total. The zero-order valence-corrected chi connectivity index (χ0v) is 17.6. The van der Waals surface area contributed by atoms with Crippen LogP contribution in [-0.2, 0) is 0 Å². The molecular formula is C24H25N5O. The standard InChI is InChI=1S/C24H25N5O/c1-16-13-25-24(28-23(16)18(3)19-8-6-5-7-9-19)27-20-10-11-21(22(12-20)30-4)29-14-17(2)26-15-29/h5-15,18H,1-4H3,(H,25,27,28). The van der Waals surface area contributed by atoms with E-state index in [1.807, 2.05) is 55.1 Å². The monoisotopic (exact) mass is 399 g/mol. The van der Waals surface area contributed by atoms with Crippen molar-refractivity contribution < 1.29 is 4.74 Å².